The van der Waals surface area contributed by atoms with Gasteiger partial charge in [-0.1, -0.05) is 141 Å². The lowest BCUT2D eigenvalue weighted by molar-refractivity contribution is -0.120. The Kier molecular flexibility index (Phi) is 31.8. The maximum atomic E-state index is 15.8. The number of benzene rings is 8. The number of nitrogens with one attached hydrogen (secondary N) is 4. The maximum Gasteiger partial charge on any atom is 0.248 e. The topological polar surface area (TPSA) is 126 Å². The molecular weight excluding hydrogens is 1880 g/mol. The van der Waals surface area contributed by atoms with Gasteiger partial charge < -0.3 is 43.8 Å². The summed E-state index contributed by atoms with van der Waals surface area (Å²) in [4.78, 5) is 31.0. The van der Waals surface area contributed by atoms with Crippen LogP contribution in [0.4, 0.5) is 52.7 Å². The number of alkyl halides is 4. The lowest BCUT2D eigenvalue weighted by Crippen LogP contribution is -2.49. The van der Waals surface area contributed by atoms with Crippen LogP contribution in [0.3, 0.4) is 0 Å². The second-order valence-electron chi connectivity index (χ2n) is 45.8. The summed E-state index contributed by atoms with van der Waals surface area (Å²) in [6.45, 7) is 43.9. The highest BCUT2D eigenvalue weighted by molar-refractivity contribution is 5.88. The van der Waals surface area contributed by atoms with Gasteiger partial charge in [0, 0.05) is 279 Å². The highest BCUT2D eigenvalue weighted by Gasteiger charge is 2.51. The van der Waals surface area contributed by atoms with Gasteiger partial charge in [0.25, 0.3) is 0 Å². The van der Waals surface area contributed by atoms with Gasteiger partial charge in [-0.25, -0.2) is 52.7 Å². The van der Waals surface area contributed by atoms with Crippen LogP contribution in [0.15, 0.2) is 146 Å². The Morgan fingerprint density at radius 2 is 0.582 bits per heavy atom. The third-order valence-electron chi connectivity index (χ3n) is 31.7. The van der Waals surface area contributed by atoms with Gasteiger partial charge in [-0.2, -0.15) is 0 Å². The summed E-state index contributed by atoms with van der Waals surface area (Å²) >= 11 is 0. The Bertz CT molecular complexity index is 6450. The predicted molar refractivity (Wildman–Crippen MR) is 556 cm³/mol. The van der Waals surface area contributed by atoms with Crippen molar-refractivity contribution in [2.45, 2.75) is 234 Å². The van der Waals surface area contributed by atoms with Crippen LogP contribution in [0.1, 0.15) is 234 Å². The second kappa shape index (κ2) is 43.9. The van der Waals surface area contributed by atoms with E-state index >= 15 is 35.1 Å². The number of hydrogen-bond donors (Lipinski definition) is 4. The van der Waals surface area contributed by atoms with Crippen molar-refractivity contribution >= 4 is 43.6 Å². The molecule has 8 atom stereocenters. The van der Waals surface area contributed by atoms with E-state index in [2.05, 4.69) is 106 Å². The largest absolute Gasteiger partial charge is 0.493 e. The number of likely N-dealkylation sites (tertiary alicyclic amines) is 4. The highest BCUT2D eigenvalue weighted by Crippen LogP contribution is 2.52. The molecule has 16 nitrogen and oxygen atoms in total. The van der Waals surface area contributed by atoms with Gasteiger partial charge >= 0.3 is 0 Å². The van der Waals surface area contributed by atoms with E-state index in [4.69, 9.17) is 18.9 Å². The van der Waals surface area contributed by atoms with E-state index in [1.54, 1.807) is 0 Å². The van der Waals surface area contributed by atoms with Crippen molar-refractivity contribution in [2.24, 2.45) is 35.0 Å². The summed E-state index contributed by atoms with van der Waals surface area (Å²) in [6, 6.07) is 39.1. The molecule has 0 bridgehead atoms. The molecule has 0 spiro atoms. The number of H-pyrrole nitrogens is 4. The molecule has 12 heterocycles. The molecule has 0 unspecified atom stereocenters. The van der Waals surface area contributed by atoms with Crippen LogP contribution in [0.25, 0.3) is 43.6 Å². The molecule has 0 radical (unpaired) electrons. The Balaban J connectivity index is 0.000000128. The zero-order valence-electron chi connectivity index (χ0n) is 87.3. The molecule has 146 heavy (non-hydrogen) atoms. The molecular formula is C118H146F12N12O4. The van der Waals surface area contributed by atoms with Crippen molar-refractivity contribution in [1.29, 1.82) is 0 Å². The van der Waals surface area contributed by atoms with Crippen LogP contribution < -0.4 is 18.9 Å². The van der Waals surface area contributed by atoms with Gasteiger partial charge in [0.15, 0.2) is 0 Å². The Labute approximate surface area is 852 Å². The second-order valence-corrected chi connectivity index (χ2v) is 45.8. The average Bonchev–Trinajstić information content (AvgIpc) is 1.57. The van der Waals surface area contributed by atoms with Crippen molar-refractivity contribution in [3.05, 3.63) is 259 Å². The van der Waals surface area contributed by atoms with Crippen LogP contribution in [0, 0.1) is 81.5 Å². The molecule has 4 saturated heterocycles. The maximum absolute atomic E-state index is 15.8. The molecule has 1 aliphatic carbocycles. The summed E-state index contributed by atoms with van der Waals surface area (Å²) < 4.78 is 206. The SMILES string of the molecule is CC1CN(CCOc2cc(F)c([C@@H]3c4[nH]c5ccccc5c4C[C@@H](C)N3CC(C)(C)F)c(F)c2)C1.CCC1CN(CCCOc2cc(F)c([C@@H]3c4[nH]c5ccccc5c4C[C@@H](C)N3CC(C)(C)F)c(F)c2)C1.CCC1CN(CCOc2cc(F)c([C@@H]3c4[nH]c5ccccc5c4C[C@@H](C)N3CC(C)(C)C)c(F)c2)C1.CCC1CN(CCOc2cc(F)c([C@@H]3c4[nH]c5ccccc5c4C[C@@H](C)N3CC3CC(F)(F)C3)c(F)c2)C1. The smallest absolute Gasteiger partial charge is 0.248 e. The number of rotatable bonds is 31. The van der Waals surface area contributed by atoms with Gasteiger partial charge in [-0.15, -0.1) is 0 Å². The summed E-state index contributed by atoms with van der Waals surface area (Å²) in [5.41, 5.74) is 7.93. The number of aromatic amines is 4. The van der Waals surface area contributed by atoms with Gasteiger partial charge in [-0.05, 0) is 169 Å². The monoisotopic (exact) mass is 2020 g/mol. The summed E-state index contributed by atoms with van der Waals surface area (Å²) in [7, 11) is 0. The molecule has 1 saturated carbocycles. The minimum atomic E-state index is -2.64. The van der Waals surface area contributed by atoms with Crippen LogP contribution >= 0.6 is 0 Å². The molecule has 8 aliphatic heterocycles. The number of halogens is 12. The first kappa shape index (κ1) is 106. The fourth-order valence-corrected chi connectivity index (χ4v) is 24.3. The number of nitrogens with zero attached hydrogens (tertiary/aromatic N) is 8. The summed E-state index contributed by atoms with van der Waals surface area (Å²) in [6.07, 6.45) is 6.86. The van der Waals surface area contributed by atoms with Crippen LogP contribution in [-0.4, -0.2) is 232 Å². The van der Waals surface area contributed by atoms with E-state index in [-0.39, 0.29) is 107 Å². The number of hydrogen-bond acceptors (Lipinski definition) is 12. The Morgan fingerprint density at radius 3 is 0.849 bits per heavy atom. The minimum absolute atomic E-state index is 0.0281. The van der Waals surface area contributed by atoms with Crippen LogP contribution in [0.5, 0.6) is 23.0 Å². The van der Waals surface area contributed by atoms with Gasteiger partial charge in [0.1, 0.15) is 101 Å². The minimum Gasteiger partial charge on any atom is -0.493 e. The molecule has 8 aromatic carbocycles. The van der Waals surface area contributed by atoms with Gasteiger partial charge in [0.05, 0.1) is 30.8 Å². The summed E-state index contributed by atoms with van der Waals surface area (Å²) in [5, 5.41) is 4.25. The first-order valence-corrected chi connectivity index (χ1v) is 53.1. The predicted octanol–water partition coefficient (Wildman–Crippen LogP) is 25.6. The molecule has 5 fully saturated rings. The Morgan fingerprint density at radius 1 is 0.329 bits per heavy atom. The van der Waals surface area contributed by atoms with Crippen molar-refractivity contribution in [3.8, 4) is 23.0 Å². The fourth-order valence-electron chi connectivity index (χ4n) is 24.3. The molecule has 4 N–H and O–H groups in total. The molecule has 4 aromatic heterocycles. The molecule has 28 heteroatoms. The lowest BCUT2D eigenvalue weighted by Gasteiger charge is -2.46. The van der Waals surface area contributed by atoms with E-state index in [9.17, 15) is 17.6 Å². The normalized spacial score (nSPS) is 22.2. The quantitative estimate of drug-likeness (QED) is 0.0244. The van der Waals surface area contributed by atoms with E-state index < -0.39 is 88.0 Å². The van der Waals surface area contributed by atoms with Crippen molar-refractivity contribution in [3.63, 3.8) is 0 Å². The van der Waals surface area contributed by atoms with Crippen molar-refractivity contribution in [1.82, 2.24) is 59.1 Å². The van der Waals surface area contributed by atoms with Gasteiger partial charge in [0.2, 0.25) is 5.92 Å². The lowest BCUT2D eigenvalue weighted by atomic mass is 9.79. The highest BCUT2D eigenvalue weighted by atomic mass is 19.3. The van der Waals surface area contributed by atoms with E-state index in [0.29, 0.717) is 58.2 Å². The molecule has 9 aliphatic rings. The van der Waals surface area contributed by atoms with E-state index in [0.717, 1.165) is 211 Å². The van der Waals surface area contributed by atoms with Crippen molar-refractivity contribution < 1.29 is 71.6 Å². The standard InChI is InChI=1S/C30H35F4N3O.C30H38F3N3O.C30H39F2N3O.C28H34F3N3O/c1-3-19-15-36(16-19)8-9-38-21-11-24(31)27(25(32)12-21)29-28-23(22-6-4-5-7-26(22)35-28)10-18(2)37(29)17-20-13-30(33,34)14-20;1-5-20-16-35(17-20)11-8-12-37-21-14-24(31)27(25(32)15-21)29-28-23(22-9-6-7-10-26(22)34-28)13-19(2)36(29)18-30(3,4)33;1-6-20-16-34(17-20)11-12-36-21-14-24(31)27(25(32)15-21)29-28-23(22-9-7-8-10-26(22)33-28)13-19(2)35(29)18-30(3,4)5;1-17-14-33(15-17)9-10-35-19-12-22(29)25(23(30)13-19)27-26-21(20-7-5-6-8-24(20)32-26)11-18(2)34(27)16-28(3,4)31/h4-7,11-12,18-20,29,35H,3,8-10,13-17H2,1-2H3;6-7,9-10,14-15,19-20,29,34H,5,8,11-13,16-18H2,1-4H3;7-10,14-15,19-20,29,33H,6,11-13,16-18H2,1-5H3;5-8,12-13,17-18,27,32H,9-11,14-16H2,1-4H3/t18-,29-;2*19-,29-;18-,27-/m1111/s1. The summed E-state index contributed by atoms with van der Waals surface area (Å²) in [5.74, 6) is -4.25. The number of fused-ring (bicyclic) bond motifs is 12. The van der Waals surface area contributed by atoms with Crippen LogP contribution in [0.2, 0.25) is 0 Å². The first-order chi connectivity index (χ1) is 69.6. The third-order valence-corrected chi connectivity index (χ3v) is 31.7. The first-order valence-electron chi connectivity index (χ1n) is 53.1. The molecule has 21 rings (SSSR count). The molecule has 12 aromatic rings. The molecule has 786 valence electrons. The van der Waals surface area contributed by atoms with E-state index in [1.165, 1.54) is 89.1 Å². The fraction of sp³-hybridized carbons (Fsp3) is 0.525. The zero-order valence-corrected chi connectivity index (χ0v) is 87.3. The van der Waals surface area contributed by atoms with E-state index in [1.807, 2.05) is 126 Å². The molecule has 0 amide bonds. The number of aromatic nitrogens is 4. The number of ether oxygens (including phenoxy) is 4. The third kappa shape index (κ3) is 23.4. The Hall–Kier alpha value is -10.0. The van der Waals surface area contributed by atoms with Gasteiger partial charge in [-0.3, -0.25) is 34.3 Å². The number of para-hydroxylation sites is 4. The van der Waals surface area contributed by atoms with Crippen molar-refractivity contribution in [2.75, 3.05) is 131 Å². The zero-order chi connectivity index (χ0) is 103. The van der Waals surface area contributed by atoms with Crippen LogP contribution in [-0.2, 0) is 25.7 Å². The average molecular weight is 2020 g/mol.